The van der Waals surface area contributed by atoms with Gasteiger partial charge < -0.3 is 10.2 Å². The van der Waals surface area contributed by atoms with E-state index in [1.165, 1.54) is 4.90 Å². The first-order valence-corrected chi connectivity index (χ1v) is 14.4. The predicted molar refractivity (Wildman–Crippen MR) is 138 cm³/mol. The first kappa shape index (κ1) is 28.0. The quantitative estimate of drug-likeness (QED) is 0.473. The van der Waals surface area contributed by atoms with Crippen molar-refractivity contribution in [2.24, 2.45) is 0 Å². The van der Waals surface area contributed by atoms with Gasteiger partial charge in [-0.2, -0.15) is 0 Å². The van der Waals surface area contributed by atoms with Crippen molar-refractivity contribution in [2.45, 2.75) is 57.7 Å². The SMILES string of the molecule is CC(C(=O)NC1CCCCC1)N(Cc1ccc(Br)cc1)C(=O)CN(c1ccc(F)c(F)c1)S(C)(=O)=O. The van der Waals surface area contributed by atoms with Crippen LogP contribution in [0, 0.1) is 11.6 Å². The molecule has 3 rings (SSSR count). The maximum absolute atomic E-state index is 13.9. The molecule has 0 aromatic heterocycles. The summed E-state index contributed by atoms with van der Waals surface area (Å²) in [7, 11) is -4.03. The number of hydrogen-bond acceptors (Lipinski definition) is 4. The van der Waals surface area contributed by atoms with Crippen LogP contribution in [0.15, 0.2) is 46.9 Å². The lowest BCUT2D eigenvalue weighted by Gasteiger charge is -2.33. The molecule has 2 amide bonds. The van der Waals surface area contributed by atoms with Crippen molar-refractivity contribution in [1.82, 2.24) is 10.2 Å². The Balaban J connectivity index is 1.87. The maximum atomic E-state index is 13.9. The summed E-state index contributed by atoms with van der Waals surface area (Å²) in [5.41, 5.74) is 0.551. The second-order valence-electron chi connectivity index (χ2n) is 9.04. The Morgan fingerprint density at radius 1 is 1.06 bits per heavy atom. The highest BCUT2D eigenvalue weighted by Gasteiger charge is 2.31. The smallest absolute Gasteiger partial charge is 0.244 e. The number of anilines is 1. The van der Waals surface area contributed by atoms with E-state index in [1.807, 2.05) is 0 Å². The first-order chi connectivity index (χ1) is 17.0. The van der Waals surface area contributed by atoms with Crippen LogP contribution in [0.2, 0.25) is 0 Å². The summed E-state index contributed by atoms with van der Waals surface area (Å²) in [4.78, 5) is 27.9. The molecular weight excluding hydrogens is 556 g/mol. The van der Waals surface area contributed by atoms with Gasteiger partial charge in [-0.3, -0.25) is 13.9 Å². The van der Waals surface area contributed by atoms with Gasteiger partial charge in [0.15, 0.2) is 11.6 Å². The lowest BCUT2D eigenvalue weighted by atomic mass is 9.95. The standard InChI is InChI=1S/C25H30BrF2N3O4S/c1-17(25(33)29-20-6-4-3-5-7-20)30(15-18-8-10-19(26)11-9-18)24(32)16-31(36(2,34)35)21-12-13-22(27)23(28)14-21/h8-14,17,20H,3-7,15-16H2,1-2H3,(H,29,33). The number of amides is 2. The summed E-state index contributed by atoms with van der Waals surface area (Å²) in [6, 6.07) is 8.94. The van der Waals surface area contributed by atoms with Crippen LogP contribution in [0.3, 0.4) is 0 Å². The van der Waals surface area contributed by atoms with Crippen LogP contribution in [0.1, 0.15) is 44.6 Å². The molecule has 36 heavy (non-hydrogen) atoms. The maximum Gasteiger partial charge on any atom is 0.244 e. The summed E-state index contributed by atoms with van der Waals surface area (Å²) >= 11 is 3.36. The van der Waals surface area contributed by atoms with E-state index < -0.39 is 40.2 Å². The average Bonchev–Trinajstić information content (AvgIpc) is 2.83. The minimum Gasteiger partial charge on any atom is -0.352 e. The van der Waals surface area contributed by atoms with Crippen molar-refractivity contribution >= 4 is 43.5 Å². The number of carbonyl (C=O) groups is 2. The molecule has 2 aromatic rings. The first-order valence-electron chi connectivity index (χ1n) is 11.7. The molecule has 1 atom stereocenters. The number of hydrogen-bond donors (Lipinski definition) is 1. The van der Waals surface area contributed by atoms with Crippen molar-refractivity contribution in [2.75, 3.05) is 17.1 Å². The topological polar surface area (TPSA) is 86.8 Å². The fourth-order valence-corrected chi connectivity index (χ4v) is 5.30. The van der Waals surface area contributed by atoms with Gasteiger partial charge in [-0.1, -0.05) is 47.3 Å². The summed E-state index contributed by atoms with van der Waals surface area (Å²) < 4.78 is 53.8. The zero-order valence-electron chi connectivity index (χ0n) is 20.2. The predicted octanol–water partition coefficient (Wildman–Crippen LogP) is 4.36. The third-order valence-corrected chi connectivity index (χ3v) is 7.92. The molecule has 0 spiro atoms. The van der Waals surface area contributed by atoms with Crippen LogP contribution in [0.25, 0.3) is 0 Å². The number of nitrogens with zero attached hydrogens (tertiary/aromatic N) is 2. The fourth-order valence-electron chi connectivity index (χ4n) is 4.19. The number of sulfonamides is 1. The van der Waals surface area contributed by atoms with E-state index in [0.29, 0.717) is 4.31 Å². The largest absolute Gasteiger partial charge is 0.352 e. The van der Waals surface area contributed by atoms with Crippen molar-refractivity contribution in [1.29, 1.82) is 0 Å². The molecule has 1 aliphatic carbocycles. The van der Waals surface area contributed by atoms with Crippen molar-refractivity contribution in [3.8, 4) is 0 Å². The normalized spacial score (nSPS) is 15.2. The van der Waals surface area contributed by atoms with E-state index in [9.17, 15) is 26.8 Å². The number of rotatable bonds is 9. The number of carbonyl (C=O) groups excluding carboxylic acids is 2. The molecule has 1 unspecified atom stereocenters. The van der Waals surface area contributed by atoms with E-state index in [-0.39, 0.29) is 24.2 Å². The molecule has 0 radical (unpaired) electrons. The molecule has 1 N–H and O–H groups in total. The van der Waals surface area contributed by atoms with E-state index in [1.54, 1.807) is 31.2 Å². The molecule has 11 heteroatoms. The summed E-state index contributed by atoms with van der Waals surface area (Å²) in [5.74, 6) is -3.35. The minimum absolute atomic E-state index is 0.0352. The molecule has 1 aliphatic rings. The van der Waals surface area contributed by atoms with Crippen LogP contribution in [0.4, 0.5) is 14.5 Å². The van der Waals surface area contributed by atoms with E-state index >= 15 is 0 Å². The highest BCUT2D eigenvalue weighted by atomic mass is 79.9. The summed E-state index contributed by atoms with van der Waals surface area (Å²) in [6.07, 6.45) is 5.80. The minimum atomic E-state index is -4.03. The molecule has 0 saturated heterocycles. The van der Waals surface area contributed by atoms with Gasteiger partial charge in [-0.25, -0.2) is 17.2 Å². The van der Waals surface area contributed by atoms with Gasteiger partial charge in [-0.15, -0.1) is 0 Å². The number of nitrogens with one attached hydrogen (secondary N) is 1. The van der Waals surface area contributed by atoms with Gasteiger partial charge in [0.1, 0.15) is 12.6 Å². The zero-order valence-corrected chi connectivity index (χ0v) is 22.6. The van der Waals surface area contributed by atoms with Crippen LogP contribution in [-0.2, 0) is 26.2 Å². The monoisotopic (exact) mass is 585 g/mol. The molecule has 196 valence electrons. The second kappa shape index (κ2) is 12.1. The second-order valence-corrected chi connectivity index (χ2v) is 11.9. The van der Waals surface area contributed by atoms with Gasteiger partial charge in [0.2, 0.25) is 21.8 Å². The van der Waals surface area contributed by atoms with Gasteiger partial charge in [-0.05, 0) is 49.6 Å². The van der Waals surface area contributed by atoms with Gasteiger partial charge in [0.05, 0.1) is 11.9 Å². The Morgan fingerprint density at radius 2 is 1.69 bits per heavy atom. The molecule has 0 bridgehead atoms. The molecule has 1 fully saturated rings. The van der Waals surface area contributed by atoms with Crippen LogP contribution in [0.5, 0.6) is 0 Å². The average molecular weight is 586 g/mol. The third kappa shape index (κ3) is 7.49. The number of halogens is 3. The highest BCUT2D eigenvalue weighted by molar-refractivity contribution is 9.10. The van der Waals surface area contributed by atoms with Crippen molar-refractivity contribution in [3.63, 3.8) is 0 Å². The number of benzene rings is 2. The van der Waals surface area contributed by atoms with Crippen molar-refractivity contribution < 1.29 is 26.8 Å². The van der Waals surface area contributed by atoms with E-state index in [0.717, 1.165) is 66.6 Å². The van der Waals surface area contributed by atoms with Gasteiger partial charge in [0, 0.05) is 23.1 Å². The Hall–Kier alpha value is -2.53. The summed E-state index contributed by atoms with van der Waals surface area (Å²) in [6.45, 7) is 0.972. The molecule has 1 saturated carbocycles. The molecule has 2 aromatic carbocycles. The van der Waals surface area contributed by atoms with E-state index in [4.69, 9.17) is 0 Å². The Bertz CT molecular complexity index is 1190. The Labute approximate surface area is 219 Å². The lowest BCUT2D eigenvalue weighted by Crippen LogP contribution is -2.53. The van der Waals surface area contributed by atoms with Crippen molar-refractivity contribution in [3.05, 3.63) is 64.1 Å². The molecular formula is C25H30BrF2N3O4S. The summed E-state index contributed by atoms with van der Waals surface area (Å²) in [5, 5.41) is 3.01. The van der Waals surface area contributed by atoms with Crippen LogP contribution in [-0.4, -0.2) is 50.0 Å². The molecule has 7 nitrogen and oxygen atoms in total. The van der Waals surface area contributed by atoms with Crippen LogP contribution >= 0.6 is 15.9 Å². The zero-order chi connectivity index (χ0) is 26.5. The Morgan fingerprint density at radius 3 is 2.28 bits per heavy atom. The van der Waals surface area contributed by atoms with Gasteiger partial charge in [0.25, 0.3) is 0 Å². The lowest BCUT2D eigenvalue weighted by molar-refractivity contribution is -0.139. The van der Waals surface area contributed by atoms with Gasteiger partial charge >= 0.3 is 0 Å². The molecule has 0 heterocycles. The Kier molecular flexibility index (Phi) is 9.46. The molecule has 0 aliphatic heterocycles. The van der Waals surface area contributed by atoms with E-state index in [2.05, 4.69) is 21.2 Å². The third-order valence-electron chi connectivity index (χ3n) is 6.26. The van der Waals surface area contributed by atoms with Crippen LogP contribution < -0.4 is 9.62 Å². The fraction of sp³-hybridized carbons (Fsp3) is 0.440. The highest BCUT2D eigenvalue weighted by Crippen LogP contribution is 2.22.